The molecule has 0 radical (unpaired) electrons. The molecule has 0 bridgehead atoms. The molecule has 180 valence electrons. The maximum absolute atomic E-state index is 13.0. The molecule has 1 unspecified atom stereocenters. The zero-order valence-electron chi connectivity index (χ0n) is 20.5. The second-order valence-electron chi connectivity index (χ2n) is 10.4. The summed E-state index contributed by atoms with van der Waals surface area (Å²) >= 11 is 0. The first kappa shape index (κ1) is 24.0. The zero-order chi connectivity index (χ0) is 24.3. The number of nitrogens with one attached hydrogen (secondary N) is 2. The van der Waals surface area contributed by atoms with Gasteiger partial charge in [-0.15, -0.1) is 0 Å². The van der Waals surface area contributed by atoms with Crippen molar-refractivity contribution in [3.05, 3.63) is 60.2 Å². The Hall–Kier alpha value is -3.15. The SMILES string of the molecule is CC(C)CC1(C)NC(=N)N(CC2CCN(C(=O)Cc3ccc(-c4ccccc4)cc3)CC2)C1=O. The largest absolute Gasteiger partial charge is 0.342 e. The molecule has 0 saturated carbocycles. The molecule has 1 atom stereocenters. The third-order valence-corrected chi connectivity index (χ3v) is 7.02. The minimum Gasteiger partial charge on any atom is -0.342 e. The number of carbonyl (C=O) groups excluding carboxylic acids is 2. The predicted octanol–water partition coefficient (Wildman–Crippen LogP) is 4.31. The fourth-order valence-electron chi connectivity index (χ4n) is 5.27. The van der Waals surface area contributed by atoms with E-state index in [2.05, 4.69) is 43.4 Å². The van der Waals surface area contributed by atoms with Gasteiger partial charge in [0.2, 0.25) is 5.91 Å². The molecule has 2 aliphatic rings. The molecule has 6 heteroatoms. The molecule has 4 rings (SSSR count). The number of carbonyl (C=O) groups is 2. The van der Waals surface area contributed by atoms with Crippen LogP contribution in [0.4, 0.5) is 0 Å². The van der Waals surface area contributed by atoms with Gasteiger partial charge in [-0.3, -0.25) is 19.9 Å². The van der Waals surface area contributed by atoms with Gasteiger partial charge >= 0.3 is 0 Å². The summed E-state index contributed by atoms with van der Waals surface area (Å²) in [5.74, 6) is 1.05. The average Bonchev–Trinajstić information content (AvgIpc) is 3.02. The molecule has 2 fully saturated rings. The molecular weight excluding hydrogens is 424 g/mol. The molecule has 2 aliphatic heterocycles. The van der Waals surface area contributed by atoms with E-state index in [4.69, 9.17) is 5.41 Å². The first-order valence-corrected chi connectivity index (χ1v) is 12.4. The monoisotopic (exact) mass is 460 g/mol. The van der Waals surface area contributed by atoms with Crippen LogP contribution in [0.15, 0.2) is 54.6 Å². The number of hydrogen-bond acceptors (Lipinski definition) is 3. The number of amides is 2. The normalized spacial score (nSPS) is 21.3. The highest BCUT2D eigenvalue weighted by Crippen LogP contribution is 2.28. The van der Waals surface area contributed by atoms with Crippen LogP contribution in [-0.4, -0.2) is 52.7 Å². The quantitative estimate of drug-likeness (QED) is 0.647. The van der Waals surface area contributed by atoms with E-state index in [1.807, 2.05) is 42.2 Å². The number of nitrogens with zero attached hydrogens (tertiary/aromatic N) is 2. The van der Waals surface area contributed by atoms with E-state index >= 15 is 0 Å². The molecule has 0 spiro atoms. The molecule has 2 saturated heterocycles. The van der Waals surface area contributed by atoms with Gasteiger partial charge in [0.25, 0.3) is 5.91 Å². The summed E-state index contributed by atoms with van der Waals surface area (Å²) in [5, 5.41) is 11.4. The summed E-state index contributed by atoms with van der Waals surface area (Å²) in [6.45, 7) is 8.06. The molecule has 0 aromatic heterocycles. The summed E-state index contributed by atoms with van der Waals surface area (Å²) in [5.41, 5.74) is 2.67. The molecule has 0 aliphatic carbocycles. The van der Waals surface area contributed by atoms with Crippen LogP contribution >= 0.6 is 0 Å². The van der Waals surface area contributed by atoms with Gasteiger partial charge in [-0.05, 0) is 54.7 Å². The van der Waals surface area contributed by atoms with Gasteiger partial charge in [0.05, 0.1) is 6.42 Å². The number of likely N-dealkylation sites (tertiary alicyclic amines) is 1. The molecule has 2 aromatic rings. The van der Waals surface area contributed by atoms with Gasteiger partial charge in [0.15, 0.2) is 5.96 Å². The van der Waals surface area contributed by atoms with Gasteiger partial charge in [-0.1, -0.05) is 68.4 Å². The molecule has 2 N–H and O–H groups in total. The number of benzene rings is 2. The fourth-order valence-corrected chi connectivity index (χ4v) is 5.27. The standard InChI is InChI=1S/C28H36N4O2/c1-20(2)18-28(3)26(34)32(27(29)30-28)19-22-13-15-31(16-14-22)25(33)17-21-9-11-24(12-10-21)23-7-5-4-6-8-23/h4-12,20,22H,13-19H2,1-3H3,(H2,29,30). The minimum atomic E-state index is -0.683. The topological polar surface area (TPSA) is 76.5 Å². The van der Waals surface area contributed by atoms with Crippen molar-refractivity contribution in [1.29, 1.82) is 5.41 Å². The Bertz CT molecular complexity index is 1030. The summed E-state index contributed by atoms with van der Waals surface area (Å²) in [7, 11) is 0. The summed E-state index contributed by atoms with van der Waals surface area (Å²) in [6, 6.07) is 18.5. The van der Waals surface area contributed by atoms with Gasteiger partial charge in [0.1, 0.15) is 5.54 Å². The Morgan fingerprint density at radius 3 is 2.29 bits per heavy atom. The molecule has 2 aromatic carbocycles. The second kappa shape index (κ2) is 10.00. The van der Waals surface area contributed by atoms with E-state index in [1.165, 1.54) is 5.56 Å². The van der Waals surface area contributed by atoms with Crippen molar-refractivity contribution in [2.75, 3.05) is 19.6 Å². The van der Waals surface area contributed by atoms with Crippen molar-refractivity contribution in [2.45, 2.75) is 52.0 Å². The van der Waals surface area contributed by atoms with Crippen molar-refractivity contribution in [3.63, 3.8) is 0 Å². The van der Waals surface area contributed by atoms with Crippen LogP contribution < -0.4 is 5.32 Å². The number of rotatable bonds is 7. The van der Waals surface area contributed by atoms with Crippen molar-refractivity contribution in [2.24, 2.45) is 11.8 Å². The van der Waals surface area contributed by atoms with Crippen molar-refractivity contribution >= 4 is 17.8 Å². The second-order valence-corrected chi connectivity index (χ2v) is 10.4. The highest BCUT2D eigenvalue weighted by Gasteiger charge is 2.46. The van der Waals surface area contributed by atoms with Crippen LogP contribution in [0.1, 0.15) is 45.6 Å². The number of hydrogen-bond donors (Lipinski definition) is 2. The van der Waals surface area contributed by atoms with Crippen LogP contribution in [-0.2, 0) is 16.0 Å². The zero-order valence-corrected chi connectivity index (χ0v) is 20.5. The highest BCUT2D eigenvalue weighted by atomic mass is 16.2. The highest BCUT2D eigenvalue weighted by molar-refractivity contribution is 6.07. The van der Waals surface area contributed by atoms with E-state index in [0.717, 1.165) is 24.0 Å². The van der Waals surface area contributed by atoms with E-state index in [9.17, 15) is 9.59 Å². The Balaban J connectivity index is 1.27. The first-order chi connectivity index (χ1) is 16.2. The van der Waals surface area contributed by atoms with Crippen LogP contribution in [0.25, 0.3) is 11.1 Å². The van der Waals surface area contributed by atoms with Gasteiger partial charge in [-0.2, -0.15) is 0 Å². The van der Waals surface area contributed by atoms with E-state index < -0.39 is 5.54 Å². The summed E-state index contributed by atoms with van der Waals surface area (Å²) in [4.78, 5) is 29.4. The Morgan fingerprint density at radius 2 is 1.68 bits per heavy atom. The average molecular weight is 461 g/mol. The Kier molecular flexibility index (Phi) is 7.05. The smallest absolute Gasteiger partial charge is 0.254 e. The van der Waals surface area contributed by atoms with Crippen molar-refractivity contribution < 1.29 is 9.59 Å². The lowest BCUT2D eigenvalue weighted by molar-refractivity contribution is -0.134. The van der Waals surface area contributed by atoms with Crippen LogP contribution in [0.2, 0.25) is 0 Å². The van der Waals surface area contributed by atoms with Crippen LogP contribution in [0, 0.1) is 17.2 Å². The predicted molar refractivity (Wildman–Crippen MR) is 135 cm³/mol. The van der Waals surface area contributed by atoms with E-state index in [0.29, 0.717) is 44.3 Å². The third kappa shape index (κ3) is 5.32. The van der Waals surface area contributed by atoms with Crippen LogP contribution in [0.3, 0.4) is 0 Å². The summed E-state index contributed by atoms with van der Waals surface area (Å²) < 4.78 is 0. The minimum absolute atomic E-state index is 0.00338. The summed E-state index contributed by atoms with van der Waals surface area (Å²) in [6.07, 6.45) is 2.84. The van der Waals surface area contributed by atoms with Gasteiger partial charge < -0.3 is 10.2 Å². The molecular formula is C28H36N4O2. The van der Waals surface area contributed by atoms with Gasteiger partial charge in [0, 0.05) is 19.6 Å². The van der Waals surface area contributed by atoms with Crippen LogP contribution in [0.5, 0.6) is 0 Å². The first-order valence-electron chi connectivity index (χ1n) is 12.4. The lowest BCUT2D eigenvalue weighted by atomic mass is 9.90. The Labute approximate surface area is 202 Å². The molecule has 6 nitrogen and oxygen atoms in total. The molecule has 2 amide bonds. The Morgan fingerprint density at radius 1 is 1.06 bits per heavy atom. The number of piperidine rings is 1. The van der Waals surface area contributed by atoms with Crippen molar-refractivity contribution in [1.82, 2.24) is 15.1 Å². The fraction of sp³-hybridized carbons (Fsp3) is 0.464. The molecule has 2 heterocycles. The lowest BCUT2D eigenvalue weighted by Crippen LogP contribution is -2.46. The van der Waals surface area contributed by atoms with E-state index in [-0.39, 0.29) is 17.8 Å². The maximum Gasteiger partial charge on any atom is 0.254 e. The lowest BCUT2D eigenvalue weighted by Gasteiger charge is -2.34. The van der Waals surface area contributed by atoms with Crippen molar-refractivity contribution in [3.8, 4) is 11.1 Å². The number of guanidine groups is 1. The molecule has 34 heavy (non-hydrogen) atoms. The van der Waals surface area contributed by atoms with E-state index in [1.54, 1.807) is 4.90 Å². The maximum atomic E-state index is 13.0. The third-order valence-electron chi connectivity index (χ3n) is 7.02. The van der Waals surface area contributed by atoms with Gasteiger partial charge in [-0.25, -0.2) is 0 Å².